The van der Waals surface area contributed by atoms with Crippen molar-refractivity contribution < 1.29 is 14.4 Å². The maximum atomic E-state index is 12.0. The normalized spacial score (nSPS) is 12.0. The molecule has 0 radical (unpaired) electrons. The Morgan fingerprint density at radius 2 is 1.71 bits per heavy atom. The third-order valence-electron chi connectivity index (χ3n) is 4.72. The Kier molecular flexibility index (Phi) is 8.64. The smallest absolute Gasteiger partial charge is 0.411 e. The molecule has 0 fully saturated rings. The summed E-state index contributed by atoms with van der Waals surface area (Å²) in [7, 11) is 0. The first-order chi connectivity index (χ1) is 16.5. The second-order valence-corrected chi connectivity index (χ2v) is 7.07. The Labute approximate surface area is 196 Å². The molecule has 10 heteroatoms. The second kappa shape index (κ2) is 12.3. The van der Waals surface area contributed by atoms with E-state index in [0.717, 1.165) is 11.4 Å². The van der Waals surface area contributed by atoms with Gasteiger partial charge in [0.1, 0.15) is 6.61 Å². The van der Waals surface area contributed by atoms with Crippen LogP contribution in [0.2, 0.25) is 0 Å². The third-order valence-corrected chi connectivity index (χ3v) is 4.72. The van der Waals surface area contributed by atoms with Gasteiger partial charge in [-0.1, -0.05) is 18.2 Å². The van der Waals surface area contributed by atoms with Crippen molar-refractivity contribution in [1.82, 2.24) is 0 Å². The molecule has 0 aliphatic heterocycles. The van der Waals surface area contributed by atoms with E-state index in [-0.39, 0.29) is 12.3 Å². The van der Waals surface area contributed by atoms with Crippen molar-refractivity contribution in [3.63, 3.8) is 0 Å². The lowest BCUT2D eigenvalue weighted by molar-refractivity contribution is -0.377. The van der Waals surface area contributed by atoms with Gasteiger partial charge in [0, 0.05) is 30.1 Å². The molecule has 0 atom stereocenters. The molecule has 34 heavy (non-hydrogen) atoms. The molecule has 1 amide bonds. The zero-order valence-electron chi connectivity index (χ0n) is 18.3. The monoisotopic (exact) mass is 459 g/mol. The number of carbonyl (C=O) groups is 1. The quantitative estimate of drug-likeness (QED) is 0.328. The SMILES string of the molecule is N#CCCN(CCOC(=O)Nc1ccccc1)c1ccc(NN=C2C=CC(=[N+]([O-])[O-])C=C2)cc1. The lowest BCUT2D eigenvalue weighted by Crippen LogP contribution is -2.30. The zero-order chi connectivity index (χ0) is 24.2. The van der Waals surface area contributed by atoms with Crippen LogP contribution in [0.1, 0.15) is 6.42 Å². The molecule has 0 spiro atoms. The van der Waals surface area contributed by atoms with Gasteiger partial charge in [0.25, 0.3) is 0 Å². The van der Waals surface area contributed by atoms with E-state index in [2.05, 4.69) is 21.9 Å². The molecule has 1 aliphatic carbocycles. The minimum atomic E-state index is -0.543. The number of hydrogen-bond donors (Lipinski definition) is 2. The lowest BCUT2D eigenvalue weighted by atomic mass is 10.1. The number of ether oxygens (including phenoxy) is 1. The number of hydrazone groups is 1. The Bertz CT molecular complexity index is 1110. The fourth-order valence-corrected chi connectivity index (χ4v) is 3.00. The van der Waals surface area contributed by atoms with E-state index < -0.39 is 11.0 Å². The number of anilines is 3. The minimum absolute atomic E-state index is 0.00212. The van der Waals surface area contributed by atoms with Crippen LogP contribution in [-0.2, 0) is 4.74 Å². The summed E-state index contributed by atoms with van der Waals surface area (Å²) in [5, 5.41) is 37.3. The van der Waals surface area contributed by atoms with Gasteiger partial charge in [0.05, 0.1) is 30.4 Å². The number of amides is 1. The van der Waals surface area contributed by atoms with E-state index in [1.165, 1.54) is 12.2 Å². The lowest BCUT2D eigenvalue weighted by Gasteiger charge is -2.24. The van der Waals surface area contributed by atoms with Crippen LogP contribution in [0.5, 0.6) is 0 Å². The van der Waals surface area contributed by atoms with Gasteiger partial charge in [-0.2, -0.15) is 15.3 Å². The largest absolute Gasteiger partial charge is 0.612 e. The number of para-hydroxylation sites is 1. The van der Waals surface area contributed by atoms with Gasteiger partial charge in [-0.3, -0.25) is 10.7 Å². The van der Waals surface area contributed by atoms with Gasteiger partial charge in [-0.05, 0) is 48.6 Å². The van der Waals surface area contributed by atoms with Crippen molar-refractivity contribution in [2.45, 2.75) is 6.42 Å². The van der Waals surface area contributed by atoms with Crippen molar-refractivity contribution in [3.8, 4) is 6.07 Å². The topological polar surface area (TPSA) is 139 Å². The van der Waals surface area contributed by atoms with Gasteiger partial charge in [0.2, 0.25) is 5.71 Å². The Morgan fingerprint density at radius 1 is 1.00 bits per heavy atom. The van der Waals surface area contributed by atoms with Crippen LogP contribution in [0.3, 0.4) is 0 Å². The number of allylic oxidation sites excluding steroid dienone is 4. The van der Waals surface area contributed by atoms with Crippen LogP contribution in [0.4, 0.5) is 21.9 Å². The summed E-state index contributed by atoms with van der Waals surface area (Å²) < 4.78 is 5.27. The van der Waals surface area contributed by atoms with Crippen molar-refractivity contribution in [2.24, 2.45) is 5.10 Å². The summed E-state index contributed by atoms with van der Waals surface area (Å²) >= 11 is 0. The van der Waals surface area contributed by atoms with Crippen molar-refractivity contribution in [2.75, 3.05) is 35.3 Å². The van der Waals surface area contributed by atoms with Crippen LogP contribution in [0.25, 0.3) is 0 Å². The van der Waals surface area contributed by atoms with Gasteiger partial charge >= 0.3 is 6.09 Å². The number of hydrogen-bond acceptors (Lipinski definition) is 8. The molecular weight excluding hydrogens is 436 g/mol. The van der Waals surface area contributed by atoms with Crippen LogP contribution >= 0.6 is 0 Å². The molecule has 1 aliphatic rings. The Hall–Kier alpha value is -4.78. The number of benzene rings is 2. The fourth-order valence-electron chi connectivity index (χ4n) is 3.00. The number of nitriles is 1. The summed E-state index contributed by atoms with van der Waals surface area (Å²) in [4.78, 5) is 13.5. The van der Waals surface area contributed by atoms with E-state index in [0.29, 0.717) is 30.9 Å². The van der Waals surface area contributed by atoms with Crippen molar-refractivity contribution >= 4 is 34.6 Å². The molecule has 3 rings (SSSR count). The molecule has 0 saturated carbocycles. The second-order valence-electron chi connectivity index (χ2n) is 7.07. The average Bonchev–Trinajstić information content (AvgIpc) is 2.86. The summed E-state index contributed by atoms with van der Waals surface area (Å²) in [6, 6.07) is 18.5. The molecule has 0 bridgehead atoms. The molecule has 0 aromatic heterocycles. The predicted molar refractivity (Wildman–Crippen MR) is 132 cm³/mol. The highest BCUT2D eigenvalue weighted by Gasteiger charge is 2.09. The summed E-state index contributed by atoms with van der Waals surface area (Å²) in [6.45, 7) is 1.06. The number of nitrogens with one attached hydrogen (secondary N) is 2. The summed E-state index contributed by atoms with van der Waals surface area (Å²) in [6.07, 6.45) is 5.66. The van der Waals surface area contributed by atoms with E-state index >= 15 is 0 Å². The highest BCUT2D eigenvalue weighted by molar-refractivity contribution is 6.17. The van der Waals surface area contributed by atoms with Crippen LogP contribution < -0.4 is 15.6 Å². The third kappa shape index (κ3) is 7.42. The molecule has 10 nitrogen and oxygen atoms in total. The molecule has 174 valence electrons. The zero-order valence-corrected chi connectivity index (χ0v) is 18.3. The molecule has 0 saturated heterocycles. The van der Waals surface area contributed by atoms with Crippen molar-refractivity contribution in [3.05, 3.63) is 89.3 Å². The molecular formula is C24H23N6O4-. The van der Waals surface area contributed by atoms with Gasteiger partial charge in [-0.25, -0.2) is 4.79 Å². The fraction of sp³-hybridized carbons (Fsp3) is 0.167. The maximum absolute atomic E-state index is 12.0. The molecule has 2 N–H and O–H groups in total. The Balaban J connectivity index is 1.53. The molecule has 2 aromatic rings. The van der Waals surface area contributed by atoms with Crippen molar-refractivity contribution in [1.29, 1.82) is 5.26 Å². The van der Waals surface area contributed by atoms with E-state index in [1.807, 2.05) is 47.4 Å². The number of carbonyl (C=O) groups excluding carboxylic acids is 1. The highest BCUT2D eigenvalue weighted by atomic mass is 16.8. The predicted octanol–water partition coefficient (Wildman–Crippen LogP) is 4.00. The molecule has 2 aromatic carbocycles. The van der Waals surface area contributed by atoms with Crippen LogP contribution in [0, 0.1) is 21.7 Å². The first-order valence-electron chi connectivity index (χ1n) is 10.5. The minimum Gasteiger partial charge on any atom is -0.612 e. The summed E-state index contributed by atoms with van der Waals surface area (Å²) in [5.41, 5.74) is 5.70. The first-order valence-corrected chi connectivity index (χ1v) is 10.5. The van der Waals surface area contributed by atoms with Gasteiger partial charge in [0.15, 0.2) is 0 Å². The van der Waals surface area contributed by atoms with Gasteiger partial charge in [-0.15, -0.1) is 0 Å². The average molecular weight is 459 g/mol. The standard InChI is InChI=1S/C24H23N6O4/c25-15-4-16-29(17-18-34-24(31)26-19-5-2-1-3-6-19)22-11-7-20(8-12-22)27-28-21-9-13-23(14-10-21)30(32)33/h1-3,5-14,27H,4,16-18H2,(H-,26,28,31,32,33)/q-1. The van der Waals surface area contributed by atoms with Crippen LogP contribution in [-0.4, -0.2) is 42.1 Å². The first kappa shape index (κ1) is 23.9. The Morgan fingerprint density at radius 3 is 2.35 bits per heavy atom. The summed E-state index contributed by atoms with van der Waals surface area (Å²) in [5.74, 6) is 0. The van der Waals surface area contributed by atoms with E-state index in [9.17, 15) is 15.2 Å². The number of rotatable bonds is 9. The van der Waals surface area contributed by atoms with E-state index in [1.54, 1.807) is 24.3 Å². The molecule has 0 heterocycles. The van der Waals surface area contributed by atoms with E-state index in [4.69, 9.17) is 10.00 Å². The van der Waals surface area contributed by atoms with Gasteiger partial charge < -0.3 is 20.1 Å². The highest BCUT2D eigenvalue weighted by Crippen LogP contribution is 2.18. The maximum Gasteiger partial charge on any atom is 0.411 e. The number of nitrogens with zero attached hydrogens (tertiary/aromatic N) is 4. The molecule has 0 unspecified atom stereocenters. The van der Waals surface area contributed by atoms with Crippen LogP contribution in [0.15, 0.2) is 84.0 Å².